The van der Waals surface area contributed by atoms with Crippen LogP contribution < -0.4 is 9.64 Å². The molecule has 0 N–H and O–H groups in total. The largest absolute Gasteiger partial charge is 0.573 e. The molecule has 0 aliphatic carbocycles. The van der Waals surface area contributed by atoms with Gasteiger partial charge in [0, 0.05) is 6.07 Å². The Balaban J connectivity index is 2.12. The van der Waals surface area contributed by atoms with Gasteiger partial charge in [-0.25, -0.2) is 4.90 Å². The minimum absolute atomic E-state index is 0.117. The van der Waals surface area contributed by atoms with Crippen LogP contribution in [0.5, 0.6) is 5.75 Å². The number of ether oxygens (including phenoxy) is 1. The summed E-state index contributed by atoms with van der Waals surface area (Å²) in [5.74, 6) is -2.28. The third-order valence-corrected chi connectivity index (χ3v) is 4.47. The van der Waals surface area contributed by atoms with E-state index in [9.17, 15) is 22.8 Å². The number of carbonyl (C=O) groups excluding carboxylic acids is 2. The molecular weight excluding hydrogens is 406 g/mol. The highest BCUT2D eigenvalue weighted by Crippen LogP contribution is 2.47. The van der Waals surface area contributed by atoms with Crippen molar-refractivity contribution in [3.63, 3.8) is 0 Å². The molecule has 0 saturated heterocycles. The van der Waals surface area contributed by atoms with Crippen LogP contribution in [0, 0.1) is 0 Å². The summed E-state index contributed by atoms with van der Waals surface area (Å²) >= 11 is 17.7. The summed E-state index contributed by atoms with van der Waals surface area (Å²) in [5.41, 5.74) is -0.0770. The Bertz CT molecular complexity index is 880. The quantitative estimate of drug-likeness (QED) is 0.495. The van der Waals surface area contributed by atoms with Crippen molar-refractivity contribution in [3.8, 4) is 5.75 Å². The molecule has 0 spiro atoms. The van der Waals surface area contributed by atoms with Crippen molar-refractivity contribution in [2.45, 2.75) is 6.36 Å². The van der Waals surface area contributed by atoms with E-state index in [0.717, 1.165) is 6.07 Å². The van der Waals surface area contributed by atoms with Crippen molar-refractivity contribution in [2.75, 3.05) is 4.90 Å². The number of anilines is 1. The molecule has 0 saturated carbocycles. The lowest BCUT2D eigenvalue weighted by Gasteiger charge is -2.20. The second-order valence-electron chi connectivity index (χ2n) is 4.87. The highest BCUT2D eigenvalue weighted by atomic mass is 35.5. The maximum absolute atomic E-state index is 12.5. The Morgan fingerprint density at radius 3 is 1.92 bits per heavy atom. The SMILES string of the molecule is O=C1c2ccccc2C(=O)N1c1c(Cl)cc(OC(F)(F)F)c(Cl)c1Cl. The third kappa shape index (κ3) is 3.03. The number of hydrogen-bond donors (Lipinski definition) is 0. The van der Waals surface area contributed by atoms with Crippen LogP contribution in [0.3, 0.4) is 0 Å². The second-order valence-corrected chi connectivity index (χ2v) is 6.04. The van der Waals surface area contributed by atoms with Crippen molar-refractivity contribution >= 4 is 52.3 Å². The van der Waals surface area contributed by atoms with E-state index in [2.05, 4.69) is 4.74 Å². The topological polar surface area (TPSA) is 46.6 Å². The average Bonchev–Trinajstić information content (AvgIpc) is 2.77. The summed E-state index contributed by atoms with van der Waals surface area (Å²) in [6.07, 6.45) is -5.02. The first kappa shape index (κ1) is 17.8. The molecule has 130 valence electrons. The van der Waals surface area contributed by atoms with Crippen molar-refractivity contribution in [3.05, 3.63) is 56.5 Å². The lowest BCUT2D eigenvalue weighted by molar-refractivity contribution is -0.274. The summed E-state index contributed by atoms with van der Waals surface area (Å²) in [6.45, 7) is 0. The zero-order valence-corrected chi connectivity index (χ0v) is 14.1. The fraction of sp³-hybridized carbons (Fsp3) is 0.0667. The van der Waals surface area contributed by atoms with E-state index < -0.39 is 39.0 Å². The van der Waals surface area contributed by atoms with Crippen LogP contribution in [0.15, 0.2) is 30.3 Å². The van der Waals surface area contributed by atoms with E-state index in [0.29, 0.717) is 4.90 Å². The first-order chi connectivity index (χ1) is 11.6. The van der Waals surface area contributed by atoms with Gasteiger partial charge in [-0.2, -0.15) is 0 Å². The van der Waals surface area contributed by atoms with Gasteiger partial charge in [0.15, 0.2) is 5.75 Å². The molecule has 2 aromatic carbocycles. The molecule has 0 radical (unpaired) electrons. The Labute approximate surface area is 153 Å². The van der Waals surface area contributed by atoms with Gasteiger partial charge in [0.2, 0.25) is 0 Å². The minimum Gasteiger partial charge on any atom is -0.404 e. The number of amides is 2. The molecule has 1 aliphatic heterocycles. The van der Waals surface area contributed by atoms with E-state index in [1.54, 1.807) is 12.1 Å². The number of halogens is 6. The second kappa shape index (κ2) is 6.09. The first-order valence-corrected chi connectivity index (χ1v) is 7.66. The Morgan fingerprint density at radius 2 is 1.44 bits per heavy atom. The zero-order chi connectivity index (χ0) is 18.5. The van der Waals surface area contributed by atoms with Crippen molar-refractivity contribution in [1.29, 1.82) is 0 Å². The van der Waals surface area contributed by atoms with Crippen LogP contribution >= 0.6 is 34.8 Å². The number of imide groups is 1. The average molecular weight is 411 g/mol. The summed E-state index contributed by atoms with van der Waals surface area (Å²) in [6, 6.07) is 6.72. The van der Waals surface area contributed by atoms with E-state index in [1.165, 1.54) is 12.1 Å². The number of rotatable bonds is 2. The monoisotopic (exact) mass is 409 g/mol. The number of fused-ring (bicyclic) bond motifs is 1. The highest BCUT2D eigenvalue weighted by Gasteiger charge is 2.40. The zero-order valence-electron chi connectivity index (χ0n) is 11.8. The van der Waals surface area contributed by atoms with E-state index in [1.807, 2.05) is 0 Å². The van der Waals surface area contributed by atoms with Crippen molar-refractivity contribution < 1.29 is 27.5 Å². The van der Waals surface area contributed by atoms with Gasteiger partial charge in [0.25, 0.3) is 11.8 Å². The molecule has 2 amide bonds. The Kier molecular flexibility index (Phi) is 4.35. The standard InChI is InChI=1S/C15H5Cl3F3NO3/c16-8-5-9(25-15(19,20)21)10(17)11(18)12(8)22-13(23)6-3-1-2-4-7(6)14(22)24/h1-5H. The van der Waals surface area contributed by atoms with Gasteiger partial charge in [-0.1, -0.05) is 46.9 Å². The van der Waals surface area contributed by atoms with Gasteiger partial charge >= 0.3 is 6.36 Å². The smallest absolute Gasteiger partial charge is 0.404 e. The molecule has 2 aromatic rings. The molecule has 1 heterocycles. The Morgan fingerprint density at radius 1 is 0.920 bits per heavy atom. The van der Waals surface area contributed by atoms with Crippen molar-refractivity contribution in [1.82, 2.24) is 0 Å². The molecule has 0 fully saturated rings. The van der Waals surface area contributed by atoms with E-state index in [-0.39, 0.29) is 16.8 Å². The number of alkyl halides is 3. The maximum atomic E-state index is 12.5. The third-order valence-electron chi connectivity index (χ3n) is 3.34. The van der Waals surface area contributed by atoms with Gasteiger partial charge in [0.05, 0.1) is 26.9 Å². The molecule has 3 rings (SSSR count). The molecular formula is C15H5Cl3F3NO3. The van der Waals surface area contributed by atoms with Crippen LogP contribution in [0.4, 0.5) is 18.9 Å². The summed E-state index contributed by atoms with van der Waals surface area (Å²) in [5, 5.41) is -1.54. The van der Waals surface area contributed by atoms with Crippen LogP contribution in [-0.2, 0) is 0 Å². The highest BCUT2D eigenvalue weighted by molar-refractivity contribution is 6.49. The van der Waals surface area contributed by atoms with Crippen LogP contribution in [-0.4, -0.2) is 18.2 Å². The molecule has 1 aliphatic rings. The number of benzene rings is 2. The van der Waals surface area contributed by atoms with Gasteiger partial charge < -0.3 is 4.74 Å². The summed E-state index contributed by atoms with van der Waals surface area (Å²) in [7, 11) is 0. The molecule has 0 atom stereocenters. The fourth-order valence-corrected chi connectivity index (χ4v) is 3.15. The Hall–Kier alpha value is -1.96. The molecule has 0 bridgehead atoms. The summed E-state index contributed by atoms with van der Waals surface area (Å²) in [4.78, 5) is 25.6. The maximum Gasteiger partial charge on any atom is 0.573 e. The molecule has 0 aromatic heterocycles. The van der Waals surface area contributed by atoms with Crippen LogP contribution in [0.25, 0.3) is 0 Å². The van der Waals surface area contributed by atoms with Gasteiger partial charge in [-0.3, -0.25) is 9.59 Å². The number of hydrogen-bond acceptors (Lipinski definition) is 3. The lowest BCUT2D eigenvalue weighted by atomic mass is 10.1. The lowest BCUT2D eigenvalue weighted by Crippen LogP contribution is -2.30. The van der Waals surface area contributed by atoms with Crippen molar-refractivity contribution in [2.24, 2.45) is 0 Å². The first-order valence-electron chi connectivity index (χ1n) is 6.53. The van der Waals surface area contributed by atoms with Crippen LogP contribution in [0.2, 0.25) is 15.1 Å². The van der Waals surface area contributed by atoms with Gasteiger partial charge in [-0.15, -0.1) is 13.2 Å². The molecule has 10 heteroatoms. The van der Waals surface area contributed by atoms with E-state index >= 15 is 0 Å². The molecule has 25 heavy (non-hydrogen) atoms. The predicted molar refractivity (Wildman–Crippen MR) is 85.7 cm³/mol. The van der Waals surface area contributed by atoms with Gasteiger partial charge in [-0.05, 0) is 12.1 Å². The fourth-order valence-electron chi connectivity index (χ4n) is 2.36. The molecule has 4 nitrogen and oxygen atoms in total. The van der Waals surface area contributed by atoms with Gasteiger partial charge in [0.1, 0.15) is 5.02 Å². The molecule has 0 unspecified atom stereocenters. The minimum atomic E-state index is -5.02. The predicted octanol–water partition coefficient (Wildman–Crippen LogP) is 5.35. The normalized spacial score (nSPS) is 14.1. The number of nitrogens with zero attached hydrogens (tertiary/aromatic N) is 1. The number of carbonyl (C=O) groups is 2. The summed E-state index contributed by atoms with van der Waals surface area (Å²) < 4.78 is 40.9. The van der Waals surface area contributed by atoms with Crippen LogP contribution in [0.1, 0.15) is 20.7 Å². The van der Waals surface area contributed by atoms with E-state index in [4.69, 9.17) is 34.8 Å².